The summed E-state index contributed by atoms with van der Waals surface area (Å²) in [5.41, 5.74) is 8.05. The lowest BCUT2D eigenvalue weighted by Gasteiger charge is -2.32. The van der Waals surface area contributed by atoms with Crippen LogP contribution in [0.2, 0.25) is 0 Å². The Bertz CT molecular complexity index is 252. The predicted molar refractivity (Wildman–Crippen MR) is 53.8 cm³/mol. The molecule has 0 spiro atoms. The Hall–Kier alpha value is -0.940. The third-order valence-electron chi connectivity index (χ3n) is 2.85. The van der Waals surface area contributed by atoms with Crippen molar-refractivity contribution in [3.8, 4) is 0 Å². The van der Waals surface area contributed by atoms with Crippen molar-refractivity contribution >= 4 is 0 Å². The van der Waals surface area contributed by atoms with Gasteiger partial charge in [-0.2, -0.15) is 13.2 Å². The number of azide groups is 1. The molecule has 4 nitrogen and oxygen atoms in total. The van der Waals surface area contributed by atoms with Crippen LogP contribution in [0, 0.1) is 5.92 Å². The van der Waals surface area contributed by atoms with Crippen LogP contribution in [0.1, 0.15) is 19.3 Å². The van der Waals surface area contributed by atoms with Crippen molar-refractivity contribution in [2.24, 2.45) is 11.0 Å². The summed E-state index contributed by atoms with van der Waals surface area (Å²) in [5, 5.41) is 3.38. The summed E-state index contributed by atoms with van der Waals surface area (Å²) in [4.78, 5) is 4.62. The molecule has 1 aliphatic rings. The molecule has 16 heavy (non-hydrogen) atoms. The van der Waals surface area contributed by atoms with Crippen LogP contribution in [0.5, 0.6) is 0 Å². The maximum Gasteiger partial charge on any atom is 0.391 e. The maximum atomic E-state index is 12.3. The molecule has 0 bridgehead atoms. The van der Waals surface area contributed by atoms with Crippen molar-refractivity contribution in [2.45, 2.75) is 25.4 Å². The molecule has 0 unspecified atom stereocenters. The minimum Gasteiger partial charge on any atom is -0.303 e. The molecular weight excluding hydrogens is 221 g/mol. The molecule has 1 saturated heterocycles. The third kappa shape index (κ3) is 4.28. The van der Waals surface area contributed by atoms with Crippen LogP contribution < -0.4 is 0 Å². The van der Waals surface area contributed by atoms with Crippen molar-refractivity contribution in [3.05, 3.63) is 10.4 Å². The second kappa shape index (κ2) is 5.96. The topological polar surface area (TPSA) is 52.0 Å². The molecule has 1 fully saturated rings. The molecular formula is C9H15F3N4. The van der Waals surface area contributed by atoms with Crippen LogP contribution in [0.25, 0.3) is 10.4 Å². The summed E-state index contributed by atoms with van der Waals surface area (Å²) in [6.45, 7) is 2.10. The second-order valence-corrected chi connectivity index (χ2v) is 3.97. The van der Waals surface area contributed by atoms with Crippen molar-refractivity contribution in [1.29, 1.82) is 0 Å². The van der Waals surface area contributed by atoms with E-state index in [1.807, 2.05) is 4.90 Å². The summed E-state index contributed by atoms with van der Waals surface area (Å²) in [7, 11) is 0. The van der Waals surface area contributed by atoms with E-state index < -0.39 is 12.1 Å². The van der Waals surface area contributed by atoms with Crippen LogP contribution in [-0.2, 0) is 0 Å². The number of rotatable bonds is 4. The zero-order chi connectivity index (χ0) is 12.0. The van der Waals surface area contributed by atoms with Gasteiger partial charge in [0.05, 0.1) is 5.92 Å². The van der Waals surface area contributed by atoms with Gasteiger partial charge in [0, 0.05) is 11.5 Å². The number of alkyl halides is 3. The first kappa shape index (κ1) is 13.1. The van der Waals surface area contributed by atoms with E-state index in [-0.39, 0.29) is 12.8 Å². The highest BCUT2D eigenvalue weighted by molar-refractivity contribution is 4.77. The van der Waals surface area contributed by atoms with Gasteiger partial charge >= 0.3 is 6.18 Å². The quantitative estimate of drug-likeness (QED) is 0.320. The highest BCUT2D eigenvalue weighted by Gasteiger charge is 2.40. The SMILES string of the molecule is [N-]=[N+]=NCCCN1CCC(C(F)(F)F)CC1. The zero-order valence-corrected chi connectivity index (χ0v) is 8.95. The Balaban J connectivity index is 2.19. The van der Waals surface area contributed by atoms with Crippen molar-refractivity contribution in [2.75, 3.05) is 26.2 Å². The molecule has 0 aromatic carbocycles. The van der Waals surface area contributed by atoms with E-state index in [1.54, 1.807) is 0 Å². The number of nitrogens with zero attached hydrogens (tertiary/aromatic N) is 4. The third-order valence-corrected chi connectivity index (χ3v) is 2.85. The normalized spacial score (nSPS) is 19.4. The fourth-order valence-electron chi connectivity index (χ4n) is 1.89. The van der Waals surface area contributed by atoms with Crippen LogP contribution in [0.3, 0.4) is 0 Å². The van der Waals surface area contributed by atoms with Gasteiger partial charge in [0.1, 0.15) is 0 Å². The number of piperidine rings is 1. The van der Waals surface area contributed by atoms with Crippen molar-refractivity contribution in [3.63, 3.8) is 0 Å². The van der Waals surface area contributed by atoms with Gasteiger partial charge in [-0.15, -0.1) is 0 Å². The van der Waals surface area contributed by atoms with Crippen molar-refractivity contribution < 1.29 is 13.2 Å². The molecule has 0 saturated carbocycles. The van der Waals surface area contributed by atoms with E-state index in [9.17, 15) is 13.2 Å². The van der Waals surface area contributed by atoms with Gasteiger partial charge in [-0.3, -0.25) is 0 Å². The van der Waals surface area contributed by atoms with E-state index in [2.05, 4.69) is 10.0 Å². The molecule has 1 rings (SSSR count). The van der Waals surface area contributed by atoms with Gasteiger partial charge in [-0.25, -0.2) is 0 Å². The lowest BCUT2D eigenvalue weighted by atomic mass is 9.96. The van der Waals surface area contributed by atoms with E-state index >= 15 is 0 Å². The van der Waals surface area contributed by atoms with E-state index in [1.165, 1.54) is 0 Å². The Morgan fingerprint density at radius 3 is 2.44 bits per heavy atom. The molecule has 0 aliphatic carbocycles. The monoisotopic (exact) mass is 236 g/mol. The van der Waals surface area contributed by atoms with Crippen LogP contribution in [0.15, 0.2) is 5.11 Å². The summed E-state index contributed by atoms with van der Waals surface area (Å²) >= 11 is 0. The van der Waals surface area contributed by atoms with Gasteiger partial charge in [0.2, 0.25) is 0 Å². The number of hydrogen-bond acceptors (Lipinski definition) is 2. The smallest absolute Gasteiger partial charge is 0.303 e. The molecule has 0 N–H and O–H groups in total. The maximum absolute atomic E-state index is 12.3. The van der Waals surface area contributed by atoms with Gasteiger partial charge in [0.15, 0.2) is 0 Å². The van der Waals surface area contributed by atoms with E-state index in [4.69, 9.17) is 5.53 Å². The minimum absolute atomic E-state index is 0.186. The molecule has 0 amide bonds. The molecule has 92 valence electrons. The minimum atomic E-state index is -4.04. The standard InChI is InChI=1S/C9H15F3N4/c10-9(11,12)8-2-6-16(7-3-8)5-1-4-14-15-13/h8H,1-7H2. The Kier molecular flexibility index (Phi) is 4.89. The number of hydrogen-bond donors (Lipinski definition) is 0. The largest absolute Gasteiger partial charge is 0.391 e. The summed E-state index contributed by atoms with van der Waals surface area (Å²) < 4.78 is 37.0. The van der Waals surface area contributed by atoms with Crippen LogP contribution in [0.4, 0.5) is 13.2 Å². The lowest BCUT2D eigenvalue weighted by Crippen LogP contribution is -2.39. The first-order valence-electron chi connectivity index (χ1n) is 5.34. The fourth-order valence-corrected chi connectivity index (χ4v) is 1.89. The predicted octanol–water partition coefficient (Wildman–Crippen LogP) is 2.96. The number of likely N-dealkylation sites (tertiary alicyclic amines) is 1. The van der Waals surface area contributed by atoms with Gasteiger partial charge < -0.3 is 4.90 Å². The lowest BCUT2D eigenvalue weighted by molar-refractivity contribution is -0.185. The Morgan fingerprint density at radius 2 is 1.94 bits per heavy atom. The second-order valence-electron chi connectivity index (χ2n) is 3.97. The molecule has 0 aromatic heterocycles. The molecule has 1 heterocycles. The van der Waals surface area contributed by atoms with Gasteiger partial charge in [-0.05, 0) is 44.4 Å². The Morgan fingerprint density at radius 1 is 1.31 bits per heavy atom. The van der Waals surface area contributed by atoms with Crippen LogP contribution in [-0.4, -0.2) is 37.3 Å². The zero-order valence-electron chi connectivity index (χ0n) is 8.95. The molecule has 0 aromatic rings. The summed E-state index contributed by atoms with van der Waals surface area (Å²) in [6, 6.07) is 0. The summed E-state index contributed by atoms with van der Waals surface area (Å²) in [5.74, 6) is -1.14. The Labute approximate surface area is 92.0 Å². The first-order chi connectivity index (χ1) is 7.54. The highest BCUT2D eigenvalue weighted by atomic mass is 19.4. The molecule has 1 aliphatic heterocycles. The first-order valence-corrected chi connectivity index (χ1v) is 5.34. The highest BCUT2D eigenvalue weighted by Crippen LogP contribution is 2.33. The average Bonchev–Trinajstić information content (AvgIpc) is 2.24. The van der Waals surface area contributed by atoms with Crippen molar-refractivity contribution in [1.82, 2.24) is 4.90 Å². The molecule has 0 atom stereocenters. The molecule has 0 radical (unpaired) electrons. The van der Waals surface area contributed by atoms with Gasteiger partial charge in [-0.1, -0.05) is 5.11 Å². The van der Waals surface area contributed by atoms with E-state index in [0.29, 0.717) is 32.6 Å². The number of halogens is 3. The summed E-state index contributed by atoms with van der Waals surface area (Å²) in [6.07, 6.45) is -2.96. The van der Waals surface area contributed by atoms with E-state index in [0.717, 1.165) is 0 Å². The fraction of sp³-hybridized carbons (Fsp3) is 1.00. The molecule has 7 heteroatoms. The average molecular weight is 236 g/mol. The van der Waals surface area contributed by atoms with Crippen LogP contribution >= 0.6 is 0 Å². The van der Waals surface area contributed by atoms with Gasteiger partial charge in [0.25, 0.3) is 0 Å².